The van der Waals surface area contributed by atoms with Gasteiger partial charge in [-0.3, -0.25) is 4.79 Å². The van der Waals surface area contributed by atoms with E-state index in [0.29, 0.717) is 17.3 Å². The van der Waals surface area contributed by atoms with Crippen molar-refractivity contribution in [1.82, 2.24) is 5.32 Å². The van der Waals surface area contributed by atoms with Gasteiger partial charge in [0.25, 0.3) is 5.91 Å². The fraction of sp³-hybridized carbons (Fsp3) is 0.409. The molecule has 3 rings (SSSR count). The van der Waals surface area contributed by atoms with Crippen LogP contribution in [-0.2, 0) is 11.2 Å². The first-order chi connectivity index (χ1) is 13.2. The number of nitrogens with zero attached hydrogens (tertiary/aromatic N) is 1. The lowest BCUT2D eigenvalue weighted by Gasteiger charge is -2.22. The minimum atomic E-state index is -0.119. The molecule has 1 heterocycles. The number of benzene rings is 2. The molecule has 2 aromatic carbocycles. The Hall–Kier alpha value is -2.20. The monoisotopic (exact) mass is 386 g/mol. The molecule has 1 aliphatic rings. The Morgan fingerprint density at radius 1 is 0.963 bits per heavy atom. The molecule has 1 saturated heterocycles. The van der Waals surface area contributed by atoms with Crippen LogP contribution in [0.5, 0.6) is 5.75 Å². The van der Waals surface area contributed by atoms with Crippen molar-refractivity contribution in [2.24, 2.45) is 0 Å². The maximum absolute atomic E-state index is 11.9. The quantitative estimate of drug-likeness (QED) is 0.763. The van der Waals surface area contributed by atoms with Gasteiger partial charge in [-0.25, -0.2) is 0 Å². The molecule has 2 aromatic rings. The van der Waals surface area contributed by atoms with Crippen LogP contribution in [0.25, 0.3) is 0 Å². The Morgan fingerprint density at radius 2 is 1.63 bits per heavy atom. The van der Waals surface area contributed by atoms with Crippen molar-refractivity contribution >= 4 is 23.2 Å². The number of carbonyl (C=O) groups excluding carboxylic acids is 1. The summed E-state index contributed by atoms with van der Waals surface area (Å²) in [5.41, 5.74) is 2.54. The van der Waals surface area contributed by atoms with Crippen LogP contribution in [0.15, 0.2) is 48.5 Å². The lowest BCUT2D eigenvalue weighted by molar-refractivity contribution is -0.123. The maximum Gasteiger partial charge on any atom is 0.257 e. The molecule has 1 fully saturated rings. The highest BCUT2D eigenvalue weighted by atomic mass is 35.5. The first kappa shape index (κ1) is 19.6. The number of anilines is 1. The van der Waals surface area contributed by atoms with E-state index in [1.165, 1.54) is 36.9 Å². The fourth-order valence-electron chi connectivity index (χ4n) is 3.28. The fourth-order valence-corrected chi connectivity index (χ4v) is 3.41. The minimum absolute atomic E-state index is 0.00945. The molecule has 27 heavy (non-hydrogen) atoms. The number of carbonyl (C=O) groups is 1. The average Bonchev–Trinajstić information content (AvgIpc) is 2.98. The Bertz CT molecular complexity index is 708. The van der Waals surface area contributed by atoms with Crippen LogP contribution in [0.3, 0.4) is 0 Å². The smallest absolute Gasteiger partial charge is 0.257 e. The van der Waals surface area contributed by atoms with Crippen molar-refractivity contribution in [1.29, 1.82) is 0 Å². The second kappa shape index (κ2) is 10.2. The van der Waals surface area contributed by atoms with Crippen molar-refractivity contribution in [3.8, 4) is 5.75 Å². The summed E-state index contributed by atoms with van der Waals surface area (Å²) in [7, 11) is 0. The molecule has 0 spiro atoms. The third-order valence-corrected chi connectivity index (χ3v) is 5.08. The summed E-state index contributed by atoms with van der Waals surface area (Å²) in [6.45, 7) is 2.92. The van der Waals surface area contributed by atoms with Crippen molar-refractivity contribution in [2.45, 2.75) is 32.1 Å². The third-order valence-electron chi connectivity index (χ3n) is 4.83. The summed E-state index contributed by atoms with van der Waals surface area (Å²) in [5, 5.41) is 3.55. The molecule has 0 unspecified atom stereocenters. The van der Waals surface area contributed by atoms with Crippen LogP contribution in [0.4, 0.5) is 5.69 Å². The maximum atomic E-state index is 11.9. The van der Waals surface area contributed by atoms with Gasteiger partial charge in [0, 0.05) is 30.3 Å². The molecule has 0 atom stereocenters. The lowest BCUT2D eigenvalue weighted by atomic mass is 10.1. The lowest BCUT2D eigenvalue weighted by Crippen LogP contribution is -2.30. The zero-order valence-electron chi connectivity index (χ0n) is 15.6. The minimum Gasteiger partial charge on any atom is -0.484 e. The van der Waals surface area contributed by atoms with Crippen LogP contribution in [-0.4, -0.2) is 32.1 Å². The zero-order chi connectivity index (χ0) is 18.9. The summed E-state index contributed by atoms with van der Waals surface area (Å²) in [5.74, 6) is 0.518. The SMILES string of the molecule is O=C(COc1ccc(Cl)cc1)NCCc1ccc(N2CCCCCC2)cc1. The summed E-state index contributed by atoms with van der Waals surface area (Å²) in [6.07, 6.45) is 6.07. The molecule has 0 aromatic heterocycles. The van der Waals surface area contributed by atoms with Gasteiger partial charge in [-0.2, -0.15) is 0 Å². The predicted molar refractivity (Wildman–Crippen MR) is 111 cm³/mol. The number of hydrogen-bond acceptors (Lipinski definition) is 3. The van der Waals surface area contributed by atoms with E-state index in [9.17, 15) is 4.79 Å². The van der Waals surface area contributed by atoms with E-state index in [1.54, 1.807) is 24.3 Å². The predicted octanol–water partition coefficient (Wildman–Crippen LogP) is 4.46. The molecule has 144 valence electrons. The molecule has 1 amide bonds. The van der Waals surface area contributed by atoms with Crippen LogP contribution in [0, 0.1) is 0 Å². The van der Waals surface area contributed by atoms with Crippen LogP contribution in [0.2, 0.25) is 5.02 Å². The van der Waals surface area contributed by atoms with E-state index in [2.05, 4.69) is 34.5 Å². The second-order valence-corrected chi connectivity index (χ2v) is 7.35. The normalized spacial score (nSPS) is 14.5. The second-order valence-electron chi connectivity index (χ2n) is 6.91. The first-order valence-electron chi connectivity index (χ1n) is 9.70. The van der Waals surface area contributed by atoms with E-state index in [-0.39, 0.29) is 12.5 Å². The van der Waals surface area contributed by atoms with Gasteiger partial charge in [-0.1, -0.05) is 36.6 Å². The van der Waals surface area contributed by atoms with Crippen molar-refractivity contribution in [2.75, 3.05) is 31.1 Å². The van der Waals surface area contributed by atoms with E-state index >= 15 is 0 Å². The Balaban J connectivity index is 1.38. The van der Waals surface area contributed by atoms with Gasteiger partial charge in [0.15, 0.2) is 6.61 Å². The van der Waals surface area contributed by atoms with Gasteiger partial charge in [0.1, 0.15) is 5.75 Å². The molecule has 4 nitrogen and oxygen atoms in total. The molecular weight excluding hydrogens is 360 g/mol. The number of nitrogens with one attached hydrogen (secondary N) is 1. The van der Waals surface area contributed by atoms with Crippen LogP contribution < -0.4 is 15.0 Å². The Labute approximate surface area is 166 Å². The van der Waals surface area contributed by atoms with Crippen LogP contribution in [0.1, 0.15) is 31.2 Å². The molecule has 0 radical (unpaired) electrons. The summed E-state index contributed by atoms with van der Waals surface area (Å²) < 4.78 is 5.44. The highest BCUT2D eigenvalue weighted by Gasteiger charge is 2.09. The average molecular weight is 387 g/mol. The van der Waals surface area contributed by atoms with Crippen molar-refractivity contribution in [3.05, 3.63) is 59.1 Å². The van der Waals surface area contributed by atoms with Gasteiger partial charge >= 0.3 is 0 Å². The molecular formula is C22H27ClN2O2. The highest BCUT2D eigenvalue weighted by molar-refractivity contribution is 6.30. The van der Waals surface area contributed by atoms with E-state index < -0.39 is 0 Å². The number of amides is 1. The number of ether oxygens (including phenoxy) is 1. The number of rotatable bonds is 7. The van der Waals surface area contributed by atoms with Gasteiger partial charge < -0.3 is 15.0 Å². The number of hydrogen-bond donors (Lipinski definition) is 1. The Morgan fingerprint density at radius 3 is 2.30 bits per heavy atom. The summed E-state index contributed by atoms with van der Waals surface area (Å²) in [6, 6.07) is 15.7. The summed E-state index contributed by atoms with van der Waals surface area (Å²) in [4.78, 5) is 14.4. The van der Waals surface area contributed by atoms with Gasteiger partial charge in [0.05, 0.1) is 0 Å². The highest BCUT2D eigenvalue weighted by Crippen LogP contribution is 2.20. The Kier molecular flexibility index (Phi) is 7.40. The molecule has 5 heteroatoms. The standard InChI is InChI=1S/C22H27ClN2O2/c23-19-7-11-21(12-8-19)27-17-22(26)24-14-13-18-5-9-20(10-6-18)25-15-3-1-2-4-16-25/h5-12H,1-4,13-17H2,(H,24,26). The van der Waals surface area contributed by atoms with E-state index in [1.807, 2.05) is 0 Å². The topological polar surface area (TPSA) is 41.6 Å². The largest absolute Gasteiger partial charge is 0.484 e. The molecule has 1 N–H and O–H groups in total. The molecule has 0 saturated carbocycles. The first-order valence-corrected chi connectivity index (χ1v) is 10.1. The van der Waals surface area contributed by atoms with Gasteiger partial charge in [-0.05, 0) is 61.2 Å². The number of halogens is 1. The zero-order valence-corrected chi connectivity index (χ0v) is 16.4. The molecule has 0 aliphatic carbocycles. The third kappa shape index (κ3) is 6.47. The van der Waals surface area contributed by atoms with Crippen molar-refractivity contribution in [3.63, 3.8) is 0 Å². The van der Waals surface area contributed by atoms with Crippen molar-refractivity contribution < 1.29 is 9.53 Å². The summed E-state index contributed by atoms with van der Waals surface area (Å²) >= 11 is 5.82. The van der Waals surface area contributed by atoms with Crippen LogP contribution >= 0.6 is 11.6 Å². The molecule has 0 bridgehead atoms. The van der Waals surface area contributed by atoms with E-state index in [4.69, 9.17) is 16.3 Å². The van der Waals surface area contributed by atoms with E-state index in [0.717, 1.165) is 19.5 Å². The molecule has 1 aliphatic heterocycles. The van der Waals surface area contributed by atoms with Gasteiger partial charge in [-0.15, -0.1) is 0 Å². The van der Waals surface area contributed by atoms with Gasteiger partial charge in [0.2, 0.25) is 0 Å².